The number of hydrogen-bond acceptors (Lipinski definition) is 1. The van der Waals surface area contributed by atoms with Gasteiger partial charge in [0.2, 0.25) is 0 Å². The number of rotatable bonds is 3. The number of carbonyl (C=O) groups is 1. The van der Waals surface area contributed by atoms with Crippen LogP contribution in [0.2, 0.25) is 5.02 Å². The number of halogens is 3. The Morgan fingerprint density at radius 1 is 1.38 bits per heavy atom. The highest BCUT2D eigenvalue weighted by Crippen LogP contribution is 2.32. The molecule has 2 nitrogen and oxygen atoms in total. The zero-order valence-electron chi connectivity index (χ0n) is 8.85. The number of hydrogen-bond donors (Lipinski definition) is 1. The molecule has 0 aliphatic heterocycles. The van der Waals surface area contributed by atoms with Crippen LogP contribution in [-0.2, 0) is 10.2 Å². The topological polar surface area (TPSA) is 37.3 Å². The van der Waals surface area contributed by atoms with Crippen molar-refractivity contribution in [3.8, 4) is 0 Å². The van der Waals surface area contributed by atoms with Crippen molar-refractivity contribution in [3.63, 3.8) is 0 Å². The molecule has 0 aliphatic carbocycles. The molecular weight excluding hydrogens is 238 g/mol. The van der Waals surface area contributed by atoms with Crippen LogP contribution < -0.4 is 0 Å². The third-order valence-corrected chi connectivity index (χ3v) is 2.62. The standard InChI is InChI=1S/C11H11ClF2O2/c1-11(2,5-10(15)16)6-3-9(14)7(12)4-8(6)13/h3-4H,5H2,1-2H3,(H,15,16). The number of carboxylic acid groups (broad SMARTS) is 1. The van der Waals surface area contributed by atoms with Gasteiger partial charge in [0.1, 0.15) is 11.6 Å². The van der Waals surface area contributed by atoms with Crippen molar-refractivity contribution in [1.29, 1.82) is 0 Å². The van der Waals surface area contributed by atoms with E-state index in [0.717, 1.165) is 12.1 Å². The van der Waals surface area contributed by atoms with Crippen LogP contribution in [0, 0.1) is 11.6 Å². The summed E-state index contributed by atoms with van der Waals surface area (Å²) in [5.74, 6) is -2.52. The highest BCUT2D eigenvalue weighted by Gasteiger charge is 2.28. The maximum absolute atomic E-state index is 13.5. The third kappa shape index (κ3) is 2.70. The molecule has 0 saturated heterocycles. The first-order valence-electron chi connectivity index (χ1n) is 4.61. The Morgan fingerprint density at radius 2 is 1.94 bits per heavy atom. The molecule has 1 aromatic carbocycles. The first-order valence-corrected chi connectivity index (χ1v) is 4.98. The Morgan fingerprint density at radius 3 is 2.44 bits per heavy atom. The molecular formula is C11H11ClF2O2. The van der Waals surface area contributed by atoms with Gasteiger partial charge in [-0.05, 0) is 17.7 Å². The molecule has 0 amide bonds. The maximum atomic E-state index is 13.5. The minimum absolute atomic E-state index is 0.0109. The predicted octanol–water partition coefficient (Wildman–Crippen LogP) is 3.37. The maximum Gasteiger partial charge on any atom is 0.304 e. The van der Waals surface area contributed by atoms with Crippen molar-refractivity contribution in [2.75, 3.05) is 0 Å². The lowest BCUT2D eigenvalue weighted by atomic mass is 9.81. The summed E-state index contributed by atoms with van der Waals surface area (Å²) in [6, 6.07) is 1.80. The van der Waals surface area contributed by atoms with E-state index in [0.29, 0.717) is 0 Å². The summed E-state index contributed by atoms with van der Waals surface area (Å²) in [5.41, 5.74) is -0.974. The summed E-state index contributed by atoms with van der Waals surface area (Å²) in [7, 11) is 0. The second-order valence-electron chi connectivity index (χ2n) is 4.20. The molecule has 0 bridgehead atoms. The molecule has 0 atom stereocenters. The van der Waals surface area contributed by atoms with Crippen LogP contribution in [0.3, 0.4) is 0 Å². The highest BCUT2D eigenvalue weighted by molar-refractivity contribution is 6.30. The Kier molecular flexibility index (Phi) is 3.53. The molecule has 0 unspecified atom stereocenters. The van der Waals surface area contributed by atoms with E-state index in [9.17, 15) is 13.6 Å². The minimum atomic E-state index is -1.07. The van der Waals surface area contributed by atoms with Gasteiger partial charge in [-0.25, -0.2) is 8.78 Å². The number of carboxylic acids is 1. The minimum Gasteiger partial charge on any atom is -0.481 e. The Bertz CT molecular complexity index is 430. The predicted molar refractivity (Wildman–Crippen MR) is 56.6 cm³/mol. The van der Waals surface area contributed by atoms with Crippen molar-refractivity contribution >= 4 is 17.6 Å². The van der Waals surface area contributed by atoms with Gasteiger partial charge in [-0.3, -0.25) is 4.79 Å². The molecule has 0 saturated carbocycles. The van der Waals surface area contributed by atoms with Crippen LogP contribution in [0.15, 0.2) is 12.1 Å². The molecule has 1 aromatic rings. The Labute approximate surface area is 96.8 Å². The molecule has 0 radical (unpaired) electrons. The summed E-state index contributed by atoms with van der Waals surface area (Å²) < 4.78 is 26.7. The first-order chi connectivity index (χ1) is 7.24. The average Bonchev–Trinajstić information content (AvgIpc) is 2.08. The fraction of sp³-hybridized carbons (Fsp3) is 0.364. The summed E-state index contributed by atoms with van der Waals surface area (Å²) in [6.45, 7) is 3.07. The normalized spacial score (nSPS) is 11.6. The van der Waals surface area contributed by atoms with E-state index < -0.39 is 23.0 Å². The zero-order valence-corrected chi connectivity index (χ0v) is 9.61. The molecule has 5 heteroatoms. The van der Waals surface area contributed by atoms with Crippen LogP contribution in [0.25, 0.3) is 0 Å². The fourth-order valence-electron chi connectivity index (χ4n) is 1.51. The van der Waals surface area contributed by atoms with Gasteiger partial charge in [-0.1, -0.05) is 25.4 Å². The van der Waals surface area contributed by atoms with Crippen LogP contribution in [0.5, 0.6) is 0 Å². The largest absolute Gasteiger partial charge is 0.481 e. The molecule has 0 aliphatic rings. The van der Waals surface area contributed by atoms with Crippen LogP contribution in [0.4, 0.5) is 8.78 Å². The molecule has 0 heterocycles. The third-order valence-electron chi connectivity index (χ3n) is 2.33. The van der Waals surface area contributed by atoms with Gasteiger partial charge in [-0.2, -0.15) is 0 Å². The molecule has 0 spiro atoms. The van der Waals surface area contributed by atoms with Crippen molar-refractivity contribution in [3.05, 3.63) is 34.4 Å². The van der Waals surface area contributed by atoms with Gasteiger partial charge in [0.15, 0.2) is 0 Å². The van der Waals surface area contributed by atoms with Gasteiger partial charge in [-0.15, -0.1) is 0 Å². The van der Waals surface area contributed by atoms with Gasteiger partial charge in [0.25, 0.3) is 0 Å². The van der Waals surface area contributed by atoms with Gasteiger partial charge < -0.3 is 5.11 Å². The van der Waals surface area contributed by atoms with E-state index in [4.69, 9.17) is 16.7 Å². The van der Waals surface area contributed by atoms with E-state index in [2.05, 4.69) is 0 Å². The van der Waals surface area contributed by atoms with Crippen molar-refractivity contribution < 1.29 is 18.7 Å². The van der Waals surface area contributed by atoms with Crippen LogP contribution in [0.1, 0.15) is 25.8 Å². The molecule has 0 aromatic heterocycles. The van der Waals surface area contributed by atoms with Gasteiger partial charge in [0.05, 0.1) is 11.4 Å². The fourth-order valence-corrected chi connectivity index (χ4v) is 1.66. The molecule has 1 rings (SSSR count). The number of benzene rings is 1. The van der Waals surface area contributed by atoms with Gasteiger partial charge in [0, 0.05) is 5.41 Å². The number of aliphatic carboxylic acids is 1. The molecule has 88 valence electrons. The van der Waals surface area contributed by atoms with E-state index >= 15 is 0 Å². The quantitative estimate of drug-likeness (QED) is 0.833. The Hall–Kier alpha value is -1.16. The van der Waals surface area contributed by atoms with E-state index in [-0.39, 0.29) is 17.0 Å². The van der Waals surface area contributed by atoms with E-state index in [1.807, 2.05) is 0 Å². The van der Waals surface area contributed by atoms with Crippen molar-refractivity contribution in [1.82, 2.24) is 0 Å². The van der Waals surface area contributed by atoms with Crippen LogP contribution >= 0.6 is 11.6 Å². The summed E-state index contributed by atoms with van der Waals surface area (Å²) in [6.07, 6.45) is -0.287. The lowest BCUT2D eigenvalue weighted by molar-refractivity contribution is -0.138. The lowest BCUT2D eigenvalue weighted by Gasteiger charge is -2.23. The lowest BCUT2D eigenvalue weighted by Crippen LogP contribution is -2.23. The average molecular weight is 249 g/mol. The van der Waals surface area contributed by atoms with E-state index in [1.165, 1.54) is 13.8 Å². The summed E-state index contributed by atoms with van der Waals surface area (Å²) in [5, 5.41) is 8.37. The van der Waals surface area contributed by atoms with E-state index in [1.54, 1.807) is 0 Å². The van der Waals surface area contributed by atoms with Crippen molar-refractivity contribution in [2.24, 2.45) is 0 Å². The van der Waals surface area contributed by atoms with Crippen LogP contribution in [-0.4, -0.2) is 11.1 Å². The first kappa shape index (κ1) is 12.9. The monoisotopic (exact) mass is 248 g/mol. The van der Waals surface area contributed by atoms with Crippen molar-refractivity contribution in [2.45, 2.75) is 25.7 Å². The second kappa shape index (κ2) is 4.37. The highest BCUT2D eigenvalue weighted by atomic mass is 35.5. The molecule has 0 fully saturated rings. The second-order valence-corrected chi connectivity index (χ2v) is 4.61. The summed E-state index contributed by atoms with van der Waals surface area (Å²) >= 11 is 5.41. The SMILES string of the molecule is CC(C)(CC(=O)O)c1cc(F)c(Cl)cc1F. The van der Waals surface area contributed by atoms with Gasteiger partial charge >= 0.3 is 5.97 Å². The Balaban J connectivity index is 3.22. The smallest absolute Gasteiger partial charge is 0.304 e. The molecule has 16 heavy (non-hydrogen) atoms. The molecule has 1 N–H and O–H groups in total. The zero-order chi connectivity index (χ0) is 12.5. The summed E-state index contributed by atoms with van der Waals surface area (Å²) in [4.78, 5) is 10.6.